The number of carbonyl (C=O) groups is 3. The molecule has 1 saturated carbocycles. The van der Waals surface area contributed by atoms with Crippen molar-refractivity contribution in [1.82, 2.24) is 4.90 Å². The SMILES string of the molecule is CN(C)C1C(=O)C(C(N)=O)=C(O)[C@]2(O)C(=O)C3=C(O)c4c(O)ccc(CCCc5ccccc5)c4C[C@@H]3C[C@H]12. The Labute approximate surface area is 225 Å². The highest BCUT2D eigenvalue weighted by Gasteiger charge is 2.64. The number of aliphatic hydroxyl groups excluding tert-OH is 2. The Kier molecular flexibility index (Phi) is 6.60. The standard InChI is InChI=1S/C30H32N2O7/c1-32(2)24-19-14-17-13-18-16(10-6-9-15-7-4-3-5-8-15)11-12-20(33)22(18)25(34)21(17)27(36)30(19,39)28(37)23(26(24)35)29(31)38/h3-5,7-8,11-12,17,19,24,33-34,37,39H,6,9-10,13-14H2,1-2H3,(H2,31,38)/t17-,19-,24?,30-/m1/s1. The van der Waals surface area contributed by atoms with Gasteiger partial charge < -0.3 is 26.2 Å². The van der Waals surface area contributed by atoms with E-state index in [1.807, 2.05) is 24.3 Å². The molecule has 4 atom stereocenters. The molecule has 2 aromatic rings. The minimum absolute atomic E-state index is 0.0743. The Hall–Kier alpha value is -3.95. The van der Waals surface area contributed by atoms with Crippen molar-refractivity contribution in [3.63, 3.8) is 0 Å². The van der Waals surface area contributed by atoms with Gasteiger partial charge in [-0.3, -0.25) is 19.3 Å². The van der Waals surface area contributed by atoms with E-state index in [2.05, 4.69) is 12.1 Å². The highest BCUT2D eigenvalue weighted by Crippen LogP contribution is 2.53. The average molecular weight is 533 g/mol. The van der Waals surface area contributed by atoms with Crippen molar-refractivity contribution in [2.24, 2.45) is 17.6 Å². The lowest BCUT2D eigenvalue weighted by molar-refractivity contribution is -0.153. The molecule has 0 aliphatic heterocycles. The number of amides is 1. The molecule has 39 heavy (non-hydrogen) atoms. The molecule has 1 amide bonds. The van der Waals surface area contributed by atoms with Crippen LogP contribution < -0.4 is 5.73 Å². The second kappa shape index (κ2) is 9.66. The van der Waals surface area contributed by atoms with Crippen molar-refractivity contribution < 1.29 is 34.8 Å². The normalized spacial score (nSPS) is 26.4. The van der Waals surface area contributed by atoms with E-state index in [4.69, 9.17) is 5.73 Å². The van der Waals surface area contributed by atoms with Crippen LogP contribution in [0.5, 0.6) is 5.75 Å². The third-order valence-electron chi connectivity index (χ3n) is 8.46. The van der Waals surface area contributed by atoms with E-state index in [0.29, 0.717) is 18.4 Å². The average Bonchev–Trinajstić information content (AvgIpc) is 2.87. The van der Waals surface area contributed by atoms with Gasteiger partial charge in [0.05, 0.1) is 11.6 Å². The zero-order chi connectivity index (χ0) is 28.2. The lowest BCUT2D eigenvalue weighted by Gasteiger charge is -2.50. The quantitative estimate of drug-likeness (QED) is 0.354. The summed E-state index contributed by atoms with van der Waals surface area (Å²) in [5.74, 6) is -6.44. The summed E-state index contributed by atoms with van der Waals surface area (Å²) in [4.78, 5) is 40.7. The molecule has 9 heteroatoms. The van der Waals surface area contributed by atoms with Gasteiger partial charge in [0.2, 0.25) is 5.78 Å². The van der Waals surface area contributed by atoms with Crippen LogP contribution >= 0.6 is 0 Å². The van der Waals surface area contributed by atoms with Crippen LogP contribution in [-0.4, -0.2) is 68.5 Å². The molecule has 2 aromatic carbocycles. The number of carbonyl (C=O) groups excluding carboxylic acids is 3. The van der Waals surface area contributed by atoms with Crippen LogP contribution in [0, 0.1) is 11.8 Å². The highest BCUT2D eigenvalue weighted by molar-refractivity contribution is 6.24. The molecule has 9 nitrogen and oxygen atoms in total. The van der Waals surface area contributed by atoms with Gasteiger partial charge in [0.25, 0.3) is 5.91 Å². The number of Topliss-reactive ketones (excluding diaryl/α,β-unsaturated/α-hetero) is 2. The Morgan fingerprint density at radius 2 is 1.74 bits per heavy atom. The second-order valence-corrected chi connectivity index (χ2v) is 10.9. The highest BCUT2D eigenvalue weighted by atomic mass is 16.3. The largest absolute Gasteiger partial charge is 0.508 e. The number of phenols is 1. The number of ketones is 2. The molecule has 1 unspecified atom stereocenters. The van der Waals surface area contributed by atoms with E-state index < -0.39 is 58.0 Å². The number of hydrogen-bond donors (Lipinski definition) is 5. The molecule has 5 rings (SSSR count). The van der Waals surface area contributed by atoms with E-state index >= 15 is 0 Å². The fourth-order valence-electron chi connectivity index (χ4n) is 6.67. The number of aliphatic hydroxyl groups is 3. The van der Waals surface area contributed by atoms with Gasteiger partial charge in [-0.05, 0) is 74.9 Å². The maximum absolute atomic E-state index is 13.9. The summed E-state index contributed by atoms with van der Waals surface area (Å²) in [5.41, 5.74) is 4.75. The summed E-state index contributed by atoms with van der Waals surface area (Å²) in [6, 6.07) is 12.2. The first-order valence-electron chi connectivity index (χ1n) is 13.0. The molecule has 0 aromatic heterocycles. The van der Waals surface area contributed by atoms with Crippen molar-refractivity contribution in [3.8, 4) is 5.75 Å². The number of fused-ring (bicyclic) bond motifs is 3. The van der Waals surface area contributed by atoms with Crippen LogP contribution in [0.25, 0.3) is 5.76 Å². The van der Waals surface area contributed by atoms with E-state index in [1.165, 1.54) is 16.5 Å². The Morgan fingerprint density at radius 3 is 2.38 bits per heavy atom. The maximum atomic E-state index is 13.9. The van der Waals surface area contributed by atoms with E-state index in [9.17, 15) is 34.8 Å². The summed E-state index contributed by atoms with van der Waals surface area (Å²) >= 11 is 0. The fourth-order valence-corrected chi connectivity index (χ4v) is 6.67. The van der Waals surface area contributed by atoms with E-state index in [1.54, 1.807) is 14.1 Å². The van der Waals surface area contributed by atoms with Gasteiger partial charge in [-0.1, -0.05) is 36.4 Å². The van der Waals surface area contributed by atoms with Gasteiger partial charge in [0.1, 0.15) is 22.8 Å². The molecule has 0 saturated heterocycles. The van der Waals surface area contributed by atoms with Crippen molar-refractivity contribution in [2.75, 3.05) is 14.1 Å². The number of benzene rings is 2. The number of nitrogens with two attached hydrogens (primary N) is 1. The molecule has 0 spiro atoms. The van der Waals surface area contributed by atoms with Crippen LogP contribution in [0.4, 0.5) is 0 Å². The minimum atomic E-state index is -2.63. The van der Waals surface area contributed by atoms with Gasteiger partial charge >= 0.3 is 0 Å². The fraction of sp³-hybridized carbons (Fsp3) is 0.367. The van der Waals surface area contributed by atoms with Gasteiger partial charge in [0.15, 0.2) is 11.4 Å². The molecule has 0 radical (unpaired) electrons. The zero-order valence-corrected chi connectivity index (χ0v) is 21.8. The predicted molar refractivity (Wildman–Crippen MR) is 143 cm³/mol. The lowest BCUT2D eigenvalue weighted by atomic mass is 9.57. The van der Waals surface area contributed by atoms with Gasteiger partial charge in [-0.2, -0.15) is 0 Å². The first-order chi connectivity index (χ1) is 18.5. The summed E-state index contributed by atoms with van der Waals surface area (Å²) in [7, 11) is 3.16. The number of rotatable bonds is 6. The Bertz CT molecular complexity index is 1440. The van der Waals surface area contributed by atoms with E-state index in [-0.39, 0.29) is 23.3 Å². The zero-order valence-electron chi connectivity index (χ0n) is 21.8. The maximum Gasteiger partial charge on any atom is 0.255 e. The van der Waals surface area contributed by atoms with Gasteiger partial charge in [-0.15, -0.1) is 0 Å². The molecular weight excluding hydrogens is 500 g/mol. The summed E-state index contributed by atoms with van der Waals surface area (Å²) in [6.07, 6.45) is 2.73. The number of aromatic hydroxyl groups is 1. The first kappa shape index (κ1) is 26.6. The van der Waals surface area contributed by atoms with E-state index in [0.717, 1.165) is 18.4 Å². The summed E-state index contributed by atoms with van der Waals surface area (Å²) in [5, 5.41) is 44.7. The number of likely N-dealkylation sites (N-methyl/N-ethyl adjacent to an activating group) is 1. The topological polar surface area (TPSA) is 161 Å². The third kappa shape index (κ3) is 4.04. The monoisotopic (exact) mass is 532 g/mol. The molecule has 6 N–H and O–H groups in total. The first-order valence-corrected chi connectivity index (χ1v) is 13.0. The number of nitrogens with zero attached hydrogens (tertiary/aromatic N) is 1. The molecule has 1 fully saturated rings. The predicted octanol–water partition coefficient (Wildman–Crippen LogP) is 2.14. The number of phenolic OH excluding ortho intramolecular Hbond substituents is 1. The van der Waals surface area contributed by atoms with Gasteiger partial charge in [-0.25, -0.2) is 0 Å². The Balaban J connectivity index is 1.58. The van der Waals surface area contributed by atoms with Crippen LogP contribution in [0.15, 0.2) is 59.4 Å². The van der Waals surface area contributed by atoms with Crippen LogP contribution in [0.1, 0.15) is 35.1 Å². The number of primary amides is 1. The van der Waals surface area contributed by atoms with Crippen molar-refractivity contribution in [1.29, 1.82) is 0 Å². The molecule has 0 heterocycles. The van der Waals surface area contributed by atoms with Crippen molar-refractivity contribution >= 4 is 23.2 Å². The van der Waals surface area contributed by atoms with Gasteiger partial charge in [0, 0.05) is 11.5 Å². The van der Waals surface area contributed by atoms with Crippen LogP contribution in [0.2, 0.25) is 0 Å². The summed E-state index contributed by atoms with van der Waals surface area (Å²) in [6.45, 7) is 0. The Morgan fingerprint density at radius 1 is 1.05 bits per heavy atom. The number of aryl methyl sites for hydroxylation is 2. The summed E-state index contributed by atoms with van der Waals surface area (Å²) < 4.78 is 0. The number of hydrogen-bond acceptors (Lipinski definition) is 8. The second-order valence-electron chi connectivity index (χ2n) is 10.9. The molecular formula is C30H32N2O7. The lowest BCUT2D eigenvalue weighted by Crippen LogP contribution is -2.65. The van der Waals surface area contributed by atoms with Crippen molar-refractivity contribution in [3.05, 3.63) is 81.6 Å². The molecule has 3 aliphatic carbocycles. The van der Waals surface area contributed by atoms with Crippen molar-refractivity contribution in [2.45, 2.75) is 43.7 Å². The van der Waals surface area contributed by atoms with Crippen LogP contribution in [-0.2, 0) is 33.6 Å². The molecule has 3 aliphatic rings. The third-order valence-corrected chi connectivity index (χ3v) is 8.46. The minimum Gasteiger partial charge on any atom is -0.508 e. The molecule has 0 bridgehead atoms. The van der Waals surface area contributed by atoms with Crippen LogP contribution in [0.3, 0.4) is 0 Å². The smallest absolute Gasteiger partial charge is 0.255 e. The molecule has 204 valence electrons.